The predicted octanol–water partition coefficient (Wildman–Crippen LogP) is 17.6. The fourth-order valence-electron chi connectivity index (χ4n) is 11.1. The van der Waals surface area contributed by atoms with Gasteiger partial charge in [-0.15, -0.1) is 0 Å². The van der Waals surface area contributed by atoms with Crippen molar-refractivity contribution in [3.63, 3.8) is 0 Å². The van der Waals surface area contributed by atoms with E-state index in [1.54, 1.807) is 0 Å². The third kappa shape index (κ3) is 6.11. The lowest BCUT2D eigenvalue weighted by Crippen LogP contribution is -2.28. The Balaban J connectivity index is 1.01. The van der Waals surface area contributed by atoms with Crippen LogP contribution in [-0.4, -0.2) is 0 Å². The quantitative estimate of drug-likeness (QED) is 0.151. The van der Waals surface area contributed by atoms with Crippen LogP contribution in [0.3, 0.4) is 0 Å². The van der Waals surface area contributed by atoms with E-state index in [4.69, 9.17) is 4.42 Å². The highest BCUT2D eigenvalue weighted by molar-refractivity contribution is 6.12. The normalized spacial score (nSPS) is 12.6. The lowest BCUT2D eigenvalue weighted by Gasteiger charge is -2.34. The molecule has 314 valence electrons. The first-order valence-corrected chi connectivity index (χ1v) is 23.1. The van der Waals surface area contributed by atoms with Crippen LogP contribution in [0.25, 0.3) is 77.2 Å². The summed E-state index contributed by atoms with van der Waals surface area (Å²) in [5.41, 5.74) is 19.2. The van der Waals surface area contributed by atoms with Crippen molar-refractivity contribution in [2.75, 3.05) is 4.90 Å². The molecule has 0 saturated carbocycles. The van der Waals surface area contributed by atoms with Gasteiger partial charge >= 0.3 is 0 Å². The van der Waals surface area contributed by atoms with Crippen molar-refractivity contribution >= 4 is 49.8 Å². The van der Waals surface area contributed by atoms with Crippen LogP contribution < -0.4 is 4.90 Å². The summed E-state index contributed by atoms with van der Waals surface area (Å²) < 4.78 is 6.32. The van der Waals surface area contributed by atoms with Crippen molar-refractivity contribution in [2.24, 2.45) is 0 Å². The van der Waals surface area contributed by atoms with Gasteiger partial charge in [0.05, 0.1) is 11.1 Å². The Morgan fingerprint density at radius 3 is 1.55 bits per heavy atom. The third-order valence-corrected chi connectivity index (χ3v) is 14.0. The molecule has 12 aromatic rings. The maximum Gasteiger partial charge on any atom is 0.136 e. The van der Waals surface area contributed by atoms with Crippen molar-refractivity contribution < 1.29 is 4.42 Å². The Morgan fingerprint density at radius 1 is 0.313 bits per heavy atom. The van der Waals surface area contributed by atoms with Gasteiger partial charge in [-0.25, -0.2) is 0 Å². The minimum Gasteiger partial charge on any atom is -0.456 e. The molecule has 1 heterocycles. The molecule has 0 aliphatic heterocycles. The summed E-state index contributed by atoms with van der Waals surface area (Å²) in [5.74, 6) is 0. The van der Waals surface area contributed by atoms with Crippen molar-refractivity contribution in [1.29, 1.82) is 0 Å². The summed E-state index contributed by atoms with van der Waals surface area (Å²) in [7, 11) is 0. The molecular formula is C65H43NO. The summed E-state index contributed by atoms with van der Waals surface area (Å²) in [6, 6.07) is 95.1. The number of nitrogens with zero attached hydrogens (tertiary/aromatic N) is 1. The molecule has 2 nitrogen and oxygen atoms in total. The number of rotatable bonds is 8. The number of furan rings is 1. The molecule has 1 aliphatic rings. The van der Waals surface area contributed by atoms with E-state index in [0.717, 1.165) is 55.7 Å². The van der Waals surface area contributed by atoms with Crippen molar-refractivity contribution in [1.82, 2.24) is 0 Å². The largest absolute Gasteiger partial charge is 0.456 e. The summed E-state index contributed by atoms with van der Waals surface area (Å²) in [4.78, 5) is 2.43. The molecule has 0 amide bonds. The lowest BCUT2D eigenvalue weighted by atomic mass is 9.67. The monoisotopic (exact) mass is 853 g/mol. The molecule has 1 aromatic heterocycles. The zero-order chi connectivity index (χ0) is 44.3. The van der Waals surface area contributed by atoms with Gasteiger partial charge < -0.3 is 9.32 Å². The standard InChI is InChI=1S/C65H43NO/c1-3-20-47(21-4-1)65(48-22-5-2-6-23-48)58-31-12-9-26-56(58)63-55(30-16-32-59(63)65)54-25-10-13-33-60(54)66(49-40-36-45(37-41-49)52-28-15-19-44-18-7-8-24-51(44)52)50-42-38-46(39-43-50)53-29-17-35-62-64(53)57-27-11-14-34-61(57)67-62/h1-43H. The molecule has 1 aliphatic carbocycles. The second kappa shape index (κ2) is 15.8. The summed E-state index contributed by atoms with van der Waals surface area (Å²) in [5, 5.41) is 4.74. The highest BCUT2D eigenvalue weighted by Gasteiger charge is 2.47. The molecule has 0 spiro atoms. The molecule has 0 N–H and O–H groups in total. The number of fused-ring (bicyclic) bond motifs is 7. The minimum atomic E-state index is -0.504. The van der Waals surface area contributed by atoms with E-state index in [1.807, 2.05) is 12.1 Å². The topological polar surface area (TPSA) is 16.4 Å². The van der Waals surface area contributed by atoms with Crippen molar-refractivity contribution in [3.8, 4) is 44.5 Å². The number of anilines is 3. The van der Waals surface area contributed by atoms with Gasteiger partial charge in [-0.2, -0.15) is 0 Å². The van der Waals surface area contributed by atoms with Gasteiger partial charge in [-0.3, -0.25) is 0 Å². The van der Waals surface area contributed by atoms with Crippen LogP contribution in [0.15, 0.2) is 265 Å². The van der Waals surface area contributed by atoms with E-state index >= 15 is 0 Å². The van der Waals surface area contributed by atoms with Crippen LogP contribution in [-0.2, 0) is 5.41 Å². The average molecular weight is 854 g/mol. The third-order valence-electron chi connectivity index (χ3n) is 14.0. The molecule has 0 atom stereocenters. The van der Waals surface area contributed by atoms with Gasteiger partial charge in [0, 0.05) is 27.7 Å². The van der Waals surface area contributed by atoms with Crippen molar-refractivity contribution in [2.45, 2.75) is 5.41 Å². The molecule has 0 bridgehead atoms. The summed E-state index contributed by atoms with van der Waals surface area (Å²) >= 11 is 0. The van der Waals surface area contributed by atoms with Crippen LogP contribution in [0.4, 0.5) is 17.1 Å². The van der Waals surface area contributed by atoms with E-state index < -0.39 is 5.41 Å². The van der Waals surface area contributed by atoms with Gasteiger partial charge in [0.25, 0.3) is 0 Å². The Morgan fingerprint density at radius 2 is 0.806 bits per heavy atom. The smallest absolute Gasteiger partial charge is 0.136 e. The lowest BCUT2D eigenvalue weighted by molar-refractivity contribution is 0.669. The molecule has 0 saturated heterocycles. The van der Waals surface area contributed by atoms with E-state index in [2.05, 4.69) is 254 Å². The molecule has 2 heteroatoms. The minimum absolute atomic E-state index is 0.504. The van der Waals surface area contributed by atoms with Crippen LogP contribution in [0.2, 0.25) is 0 Å². The van der Waals surface area contributed by atoms with Gasteiger partial charge in [0.2, 0.25) is 0 Å². The molecule has 0 unspecified atom stereocenters. The first-order valence-electron chi connectivity index (χ1n) is 23.1. The molecule has 13 rings (SSSR count). The van der Waals surface area contributed by atoms with Crippen LogP contribution in [0.5, 0.6) is 0 Å². The molecular weight excluding hydrogens is 811 g/mol. The van der Waals surface area contributed by atoms with Gasteiger partial charge in [0.1, 0.15) is 11.2 Å². The van der Waals surface area contributed by atoms with E-state index in [1.165, 1.54) is 60.8 Å². The Hall–Kier alpha value is -8.72. The Labute approximate surface area is 390 Å². The fourth-order valence-corrected chi connectivity index (χ4v) is 11.1. The Bertz CT molecular complexity index is 3750. The van der Waals surface area contributed by atoms with E-state index in [-0.39, 0.29) is 0 Å². The van der Waals surface area contributed by atoms with Gasteiger partial charge in [-0.1, -0.05) is 218 Å². The number of para-hydroxylation sites is 2. The summed E-state index contributed by atoms with van der Waals surface area (Å²) in [6.45, 7) is 0. The maximum absolute atomic E-state index is 6.32. The highest BCUT2D eigenvalue weighted by atomic mass is 16.3. The SMILES string of the molecule is c1ccc(C2(c3ccccc3)c3ccccc3-c3c(-c4ccccc4N(c4ccc(-c5cccc6ccccc56)cc4)c4ccc(-c5cccc6oc7ccccc7c56)cc4)cccc32)cc1. The van der Waals surface area contributed by atoms with E-state index in [0.29, 0.717) is 0 Å². The zero-order valence-electron chi connectivity index (χ0n) is 36.7. The Kier molecular flexibility index (Phi) is 9.11. The van der Waals surface area contributed by atoms with Crippen LogP contribution in [0, 0.1) is 0 Å². The molecule has 67 heavy (non-hydrogen) atoms. The fraction of sp³-hybridized carbons (Fsp3) is 0.0154. The van der Waals surface area contributed by atoms with Crippen molar-refractivity contribution in [3.05, 3.63) is 283 Å². The zero-order valence-corrected chi connectivity index (χ0v) is 36.7. The number of hydrogen-bond acceptors (Lipinski definition) is 2. The maximum atomic E-state index is 6.32. The first kappa shape index (κ1) is 38.7. The predicted molar refractivity (Wildman–Crippen MR) is 280 cm³/mol. The van der Waals surface area contributed by atoms with Crippen LogP contribution >= 0.6 is 0 Å². The number of hydrogen-bond donors (Lipinski definition) is 0. The van der Waals surface area contributed by atoms with Crippen LogP contribution in [0.1, 0.15) is 22.3 Å². The van der Waals surface area contributed by atoms with Gasteiger partial charge in [0.15, 0.2) is 0 Å². The first-order chi connectivity index (χ1) is 33.3. The molecule has 0 fully saturated rings. The van der Waals surface area contributed by atoms with Gasteiger partial charge in [-0.05, 0) is 114 Å². The average Bonchev–Trinajstić information content (AvgIpc) is 3.94. The molecule has 0 radical (unpaired) electrons. The highest BCUT2D eigenvalue weighted by Crippen LogP contribution is 2.59. The summed E-state index contributed by atoms with van der Waals surface area (Å²) in [6.07, 6.45) is 0. The molecule has 11 aromatic carbocycles. The van der Waals surface area contributed by atoms with E-state index in [9.17, 15) is 0 Å². The number of benzene rings is 11. The second-order valence-electron chi connectivity index (χ2n) is 17.5. The second-order valence-corrected chi connectivity index (χ2v) is 17.5.